The normalized spacial score (nSPS) is 11.5. The lowest BCUT2D eigenvalue weighted by Gasteiger charge is -2.23. The highest BCUT2D eigenvalue weighted by Gasteiger charge is 2.23. The maximum atomic E-state index is 4.84. The minimum Gasteiger partial charge on any atom is -0.274 e. The zero-order valence-corrected chi connectivity index (χ0v) is 22.5. The van der Waals surface area contributed by atoms with Crippen molar-refractivity contribution >= 4 is 0 Å². The second-order valence-electron chi connectivity index (χ2n) is 10.8. The summed E-state index contributed by atoms with van der Waals surface area (Å²) < 4.78 is 2.23. The number of benzene rings is 5. The Morgan fingerprint density at radius 2 is 0.949 bits per heavy atom. The number of aromatic nitrogens is 3. The van der Waals surface area contributed by atoms with Crippen LogP contribution in [0.25, 0.3) is 50.7 Å². The highest BCUT2D eigenvalue weighted by molar-refractivity contribution is 5.84. The molecular formula is C36H31N3. The molecule has 1 aromatic heterocycles. The molecule has 0 unspecified atom stereocenters. The molecule has 0 radical (unpaired) electrons. The van der Waals surface area contributed by atoms with Crippen LogP contribution in [0.2, 0.25) is 0 Å². The summed E-state index contributed by atoms with van der Waals surface area (Å²) in [6.45, 7) is 6.77. The molecule has 0 bridgehead atoms. The Hall–Kier alpha value is -4.76. The molecule has 6 rings (SSSR count). The molecular weight excluding hydrogens is 474 g/mol. The fraction of sp³-hybridized carbons (Fsp3) is 0.111. The van der Waals surface area contributed by atoms with Crippen LogP contribution < -0.4 is 0 Å². The fourth-order valence-corrected chi connectivity index (χ4v) is 5.06. The van der Waals surface area contributed by atoms with Crippen molar-refractivity contribution in [2.24, 2.45) is 0 Å². The number of nitrogens with zero attached hydrogens (tertiary/aromatic N) is 3. The summed E-state index contributed by atoms with van der Waals surface area (Å²) >= 11 is 0. The lowest BCUT2D eigenvalue weighted by molar-refractivity contribution is 0.590. The van der Waals surface area contributed by atoms with Gasteiger partial charge in [0.05, 0.1) is 5.69 Å². The van der Waals surface area contributed by atoms with E-state index in [1.807, 2.05) is 24.3 Å². The van der Waals surface area contributed by atoms with Crippen LogP contribution in [0.4, 0.5) is 0 Å². The van der Waals surface area contributed by atoms with E-state index in [4.69, 9.17) is 10.2 Å². The average molecular weight is 506 g/mol. The first-order valence-corrected chi connectivity index (χ1v) is 13.4. The first kappa shape index (κ1) is 24.6. The van der Waals surface area contributed by atoms with E-state index >= 15 is 0 Å². The van der Waals surface area contributed by atoms with E-state index in [1.165, 1.54) is 5.56 Å². The lowest BCUT2D eigenvalue weighted by Crippen LogP contribution is -2.12. The van der Waals surface area contributed by atoms with Gasteiger partial charge >= 0.3 is 0 Å². The van der Waals surface area contributed by atoms with Crippen LogP contribution in [-0.4, -0.2) is 14.8 Å². The Bertz CT molecular complexity index is 1710. The third kappa shape index (κ3) is 4.80. The Kier molecular flexibility index (Phi) is 6.42. The third-order valence-corrected chi connectivity index (χ3v) is 7.14. The van der Waals surface area contributed by atoms with Gasteiger partial charge in [0.2, 0.25) is 0 Å². The second-order valence-corrected chi connectivity index (χ2v) is 10.8. The van der Waals surface area contributed by atoms with E-state index in [9.17, 15) is 0 Å². The molecule has 0 atom stereocenters. The summed E-state index contributed by atoms with van der Waals surface area (Å²) in [6.07, 6.45) is 0. The molecule has 1 heterocycles. The lowest BCUT2D eigenvalue weighted by atomic mass is 9.85. The number of hydrogen-bond acceptors (Lipinski definition) is 2. The Morgan fingerprint density at radius 3 is 1.54 bits per heavy atom. The molecule has 0 fully saturated rings. The van der Waals surface area contributed by atoms with Crippen molar-refractivity contribution in [1.82, 2.24) is 14.8 Å². The third-order valence-electron chi connectivity index (χ3n) is 7.14. The zero-order chi connectivity index (χ0) is 26.8. The molecule has 0 aliphatic carbocycles. The van der Waals surface area contributed by atoms with E-state index in [1.54, 1.807) is 0 Å². The summed E-state index contributed by atoms with van der Waals surface area (Å²) in [5, 5.41) is 9.64. The van der Waals surface area contributed by atoms with Gasteiger partial charge in [0.15, 0.2) is 11.6 Å². The van der Waals surface area contributed by atoms with Gasteiger partial charge in [-0.1, -0.05) is 142 Å². The molecule has 0 aliphatic heterocycles. The Labute approximate surface area is 230 Å². The summed E-state index contributed by atoms with van der Waals surface area (Å²) in [4.78, 5) is 0. The van der Waals surface area contributed by atoms with Gasteiger partial charge in [-0.2, -0.15) is 0 Å². The summed E-state index contributed by atoms with van der Waals surface area (Å²) in [5.74, 6) is 1.63. The summed E-state index contributed by atoms with van der Waals surface area (Å²) in [6, 6.07) is 46.7. The molecule has 0 aliphatic rings. The van der Waals surface area contributed by atoms with Gasteiger partial charge in [0, 0.05) is 16.7 Å². The summed E-state index contributed by atoms with van der Waals surface area (Å²) in [7, 11) is 0. The maximum Gasteiger partial charge on any atom is 0.169 e. The van der Waals surface area contributed by atoms with Crippen molar-refractivity contribution in [3.8, 4) is 50.7 Å². The molecule has 0 saturated carbocycles. The molecule has 190 valence electrons. The largest absolute Gasteiger partial charge is 0.274 e. The van der Waals surface area contributed by atoms with Crippen LogP contribution in [0.3, 0.4) is 0 Å². The molecule has 6 aromatic rings. The predicted molar refractivity (Wildman–Crippen MR) is 162 cm³/mol. The van der Waals surface area contributed by atoms with Gasteiger partial charge < -0.3 is 0 Å². The van der Waals surface area contributed by atoms with E-state index < -0.39 is 0 Å². The molecule has 0 amide bonds. The molecule has 0 spiro atoms. The Morgan fingerprint density at radius 1 is 0.462 bits per heavy atom. The smallest absolute Gasteiger partial charge is 0.169 e. The van der Waals surface area contributed by atoms with Gasteiger partial charge in [0.25, 0.3) is 0 Å². The van der Waals surface area contributed by atoms with Crippen molar-refractivity contribution in [3.05, 3.63) is 139 Å². The van der Waals surface area contributed by atoms with Crippen LogP contribution in [0.15, 0.2) is 133 Å². The zero-order valence-electron chi connectivity index (χ0n) is 22.5. The topological polar surface area (TPSA) is 30.7 Å². The van der Waals surface area contributed by atoms with E-state index in [0.29, 0.717) is 0 Å². The monoisotopic (exact) mass is 505 g/mol. The molecule has 0 saturated heterocycles. The van der Waals surface area contributed by atoms with Gasteiger partial charge in [-0.05, 0) is 39.8 Å². The average Bonchev–Trinajstić information content (AvgIpc) is 3.43. The van der Waals surface area contributed by atoms with Crippen LogP contribution in [0.1, 0.15) is 26.3 Å². The second kappa shape index (κ2) is 10.2. The van der Waals surface area contributed by atoms with Gasteiger partial charge in [-0.3, -0.25) is 4.57 Å². The minimum absolute atomic E-state index is 0.0141. The SMILES string of the molecule is CC(C)(C)c1ccc(-n2c(-c3ccccc3)nnc2-c2ccccc2-c2ccccc2)c(-c2ccccc2)c1. The van der Waals surface area contributed by atoms with Crippen LogP contribution in [0, 0.1) is 0 Å². The standard InChI is InChI=1S/C36H31N3/c1-36(2,3)29-23-24-33(32(25-29)27-17-9-5-10-18-27)39-34(28-19-11-6-12-20-28)37-38-35(39)31-22-14-13-21-30(31)26-15-7-4-8-16-26/h4-25H,1-3H3. The minimum atomic E-state index is 0.0141. The first-order chi connectivity index (χ1) is 19.0. The van der Waals surface area contributed by atoms with Gasteiger partial charge in [0.1, 0.15) is 0 Å². The van der Waals surface area contributed by atoms with Crippen LogP contribution >= 0.6 is 0 Å². The molecule has 3 nitrogen and oxygen atoms in total. The number of rotatable bonds is 5. The molecule has 0 N–H and O–H groups in total. The van der Waals surface area contributed by atoms with Gasteiger partial charge in [-0.25, -0.2) is 0 Å². The predicted octanol–water partition coefficient (Wildman–Crippen LogP) is 9.23. The van der Waals surface area contributed by atoms with E-state index in [0.717, 1.165) is 50.7 Å². The number of hydrogen-bond donors (Lipinski definition) is 0. The highest BCUT2D eigenvalue weighted by atomic mass is 15.3. The van der Waals surface area contributed by atoms with Crippen molar-refractivity contribution < 1.29 is 0 Å². The van der Waals surface area contributed by atoms with Crippen molar-refractivity contribution in [2.75, 3.05) is 0 Å². The maximum absolute atomic E-state index is 4.84. The molecule has 3 heteroatoms. The van der Waals surface area contributed by atoms with E-state index in [-0.39, 0.29) is 5.41 Å². The highest BCUT2D eigenvalue weighted by Crippen LogP contribution is 2.39. The van der Waals surface area contributed by atoms with Crippen LogP contribution in [-0.2, 0) is 5.41 Å². The van der Waals surface area contributed by atoms with Crippen LogP contribution in [0.5, 0.6) is 0 Å². The van der Waals surface area contributed by atoms with Crippen molar-refractivity contribution in [2.45, 2.75) is 26.2 Å². The summed E-state index contributed by atoms with van der Waals surface area (Å²) in [5.41, 5.74) is 8.99. The van der Waals surface area contributed by atoms with Crippen molar-refractivity contribution in [3.63, 3.8) is 0 Å². The quantitative estimate of drug-likeness (QED) is 0.234. The Balaban J connectivity index is 1.67. The van der Waals surface area contributed by atoms with E-state index in [2.05, 4.69) is 135 Å². The molecule has 39 heavy (non-hydrogen) atoms. The first-order valence-electron chi connectivity index (χ1n) is 13.4. The van der Waals surface area contributed by atoms with Crippen molar-refractivity contribution in [1.29, 1.82) is 0 Å². The molecule has 5 aromatic carbocycles. The van der Waals surface area contributed by atoms with Gasteiger partial charge in [-0.15, -0.1) is 10.2 Å². The fourth-order valence-electron chi connectivity index (χ4n) is 5.06.